The molecule has 1 unspecified atom stereocenters. The highest BCUT2D eigenvalue weighted by molar-refractivity contribution is 9.10. The number of thioether (sulfide) groups is 1. The van der Waals surface area contributed by atoms with Gasteiger partial charge < -0.3 is 0 Å². The molecule has 102 valence electrons. The molecule has 1 atom stereocenters. The second-order valence-corrected chi connectivity index (χ2v) is 7.42. The van der Waals surface area contributed by atoms with Gasteiger partial charge in [-0.3, -0.25) is 11.3 Å². The number of hydrogen-bond donors (Lipinski definition) is 2. The van der Waals surface area contributed by atoms with E-state index in [0.29, 0.717) is 0 Å². The molecule has 6 heteroatoms. The molecule has 2 aromatic rings. The summed E-state index contributed by atoms with van der Waals surface area (Å²) >= 11 is 13.1. The van der Waals surface area contributed by atoms with Crippen LogP contribution >= 0.6 is 50.6 Å². The van der Waals surface area contributed by atoms with Crippen LogP contribution < -0.4 is 11.3 Å². The molecule has 1 aromatic heterocycles. The Labute approximate surface area is 134 Å². The second-order valence-electron chi connectivity index (χ2n) is 4.04. The zero-order valence-corrected chi connectivity index (χ0v) is 14.1. The summed E-state index contributed by atoms with van der Waals surface area (Å²) < 4.78 is 1.13. The smallest absolute Gasteiger partial charge is 0.0541 e. The van der Waals surface area contributed by atoms with E-state index in [9.17, 15) is 0 Å². The van der Waals surface area contributed by atoms with Gasteiger partial charge in [0.1, 0.15) is 0 Å². The SMILES string of the molecule is NNC(CSc1ccccc1Cl)Cc1cc(Br)cs1. The second kappa shape index (κ2) is 7.67. The fourth-order valence-corrected chi connectivity index (χ4v) is 4.43. The molecule has 0 fully saturated rings. The van der Waals surface area contributed by atoms with Crippen LogP contribution in [0.25, 0.3) is 0 Å². The lowest BCUT2D eigenvalue weighted by atomic mass is 10.2. The number of nitrogens with two attached hydrogens (primary N) is 1. The summed E-state index contributed by atoms with van der Waals surface area (Å²) in [6.45, 7) is 0. The van der Waals surface area contributed by atoms with Crippen LogP contribution in [-0.4, -0.2) is 11.8 Å². The minimum atomic E-state index is 0.229. The lowest BCUT2D eigenvalue weighted by molar-refractivity contribution is 0.579. The number of benzene rings is 1. The minimum absolute atomic E-state index is 0.229. The largest absolute Gasteiger partial charge is 0.271 e. The fraction of sp³-hybridized carbons (Fsp3) is 0.231. The Morgan fingerprint density at radius 3 is 2.84 bits per heavy atom. The van der Waals surface area contributed by atoms with E-state index in [1.54, 1.807) is 23.1 Å². The monoisotopic (exact) mass is 376 g/mol. The van der Waals surface area contributed by atoms with Crippen molar-refractivity contribution in [1.82, 2.24) is 5.43 Å². The standard InChI is InChI=1S/C13H14BrClN2S2/c14-9-5-11(18-7-9)6-10(17-16)8-19-13-4-2-1-3-12(13)15/h1-5,7,10,17H,6,8,16H2. The van der Waals surface area contributed by atoms with Crippen molar-refractivity contribution in [1.29, 1.82) is 0 Å². The van der Waals surface area contributed by atoms with Gasteiger partial charge in [-0.1, -0.05) is 23.7 Å². The van der Waals surface area contributed by atoms with E-state index in [0.717, 1.165) is 26.6 Å². The van der Waals surface area contributed by atoms with Gasteiger partial charge in [0.05, 0.1) is 5.02 Å². The summed E-state index contributed by atoms with van der Waals surface area (Å²) in [6, 6.07) is 10.2. The van der Waals surface area contributed by atoms with Crippen LogP contribution in [0.3, 0.4) is 0 Å². The average molecular weight is 378 g/mol. The highest BCUT2D eigenvalue weighted by Crippen LogP contribution is 2.28. The van der Waals surface area contributed by atoms with Gasteiger partial charge in [0, 0.05) is 31.4 Å². The van der Waals surface area contributed by atoms with Gasteiger partial charge in [0.2, 0.25) is 0 Å². The first kappa shape index (κ1) is 15.4. The zero-order valence-electron chi connectivity index (χ0n) is 10.1. The van der Waals surface area contributed by atoms with E-state index < -0.39 is 0 Å². The van der Waals surface area contributed by atoms with Gasteiger partial charge in [0.15, 0.2) is 0 Å². The Hall–Kier alpha value is -0.0400. The molecule has 0 aliphatic rings. The Balaban J connectivity index is 1.91. The Bertz CT molecular complexity index is 533. The van der Waals surface area contributed by atoms with Gasteiger partial charge in [-0.25, -0.2) is 0 Å². The molecule has 1 aromatic carbocycles. The van der Waals surface area contributed by atoms with Crippen LogP contribution in [0.5, 0.6) is 0 Å². The summed E-state index contributed by atoms with van der Waals surface area (Å²) in [5, 5.41) is 2.88. The third-order valence-electron chi connectivity index (χ3n) is 2.58. The first-order valence-corrected chi connectivity index (χ1v) is 8.79. The van der Waals surface area contributed by atoms with Crippen LogP contribution in [0.15, 0.2) is 45.1 Å². The molecular weight excluding hydrogens is 364 g/mol. The van der Waals surface area contributed by atoms with Gasteiger partial charge >= 0.3 is 0 Å². The Morgan fingerprint density at radius 1 is 1.42 bits per heavy atom. The van der Waals surface area contributed by atoms with E-state index in [-0.39, 0.29) is 6.04 Å². The normalized spacial score (nSPS) is 12.6. The van der Waals surface area contributed by atoms with Crippen molar-refractivity contribution < 1.29 is 0 Å². The molecule has 2 rings (SSSR count). The lowest BCUT2D eigenvalue weighted by Gasteiger charge is -2.14. The summed E-state index contributed by atoms with van der Waals surface area (Å²) in [5.41, 5.74) is 2.88. The molecule has 3 N–H and O–H groups in total. The quantitative estimate of drug-likeness (QED) is 0.447. The van der Waals surface area contributed by atoms with Crippen LogP contribution in [0.1, 0.15) is 4.88 Å². The van der Waals surface area contributed by atoms with Crippen molar-refractivity contribution in [3.63, 3.8) is 0 Å². The van der Waals surface area contributed by atoms with Crippen molar-refractivity contribution in [2.45, 2.75) is 17.4 Å². The summed E-state index contributed by atoms with van der Waals surface area (Å²) in [4.78, 5) is 2.41. The van der Waals surface area contributed by atoms with Crippen LogP contribution in [0, 0.1) is 0 Å². The molecule has 2 nitrogen and oxygen atoms in total. The molecule has 19 heavy (non-hydrogen) atoms. The maximum absolute atomic E-state index is 6.14. The van der Waals surface area contributed by atoms with Crippen LogP contribution in [0.4, 0.5) is 0 Å². The first-order valence-electron chi connectivity index (χ1n) is 5.75. The maximum atomic E-state index is 6.14. The topological polar surface area (TPSA) is 38.0 Å². The van der Waals surface area contributed by atoms with E-state index in [1.807, 2.05) is 24.3 Å². The van der Waals surface area contributed by atoms with Crippen molar-refractivity contribution in [2.75, 3.05) is 5.75 Å². The third-order valence-corrected chi connectivity index (χ3v) is 5.98. The minimum Gasteiger partial charge on any atom is -0.271 e. The van der Waals surface area contributed by atoms with Crippen LogP contribution in [-0.2, 0) is 6.42 Å². The highest BCUT2D eigenvalue weighted by Gasteiger charge is 2.11. The number of rotatable bonds is 6. The number of hydrogen-bond acceptors (Lipinski definition) is 4. The molecule has 0 saturated carbocycles. The highest BCUT2D eigenvalue weighted by atomic mass is 79.9. The van der Waals surface area contributed by atoms with E-state index in [2.05, 4.69) is 32.8 Å². The van der Waals surface area contributed by atoms with Gasteiger partial charge in [-0.05, 0) is 40.5 Å². The maximum Gasteiger partial charge on any atom is 0.0541 e. The molecule has 0 aliphatic heterocycles. The lowest BCUT2D eigenvalue weighted by Crippen LogP contribution is -2.38. The fourth-order valence-electron chi connectivity index (χ4n) is 1.62. The number of thiophene rings is 1. The van der Waals surface area contributed by atoms with Crippen molar-refractivity contribution in [3.8, 4) is 0 Å². The molecule has 0 radical (unpaired) electrons. The molecular formula is C13H14BrClN2S2. The van der Waals surface area contributed by atoms with Crippen LogP contribution in [0.2, 0.25) is 5.02 Å². The van der Waals surface area contributed by atoms with E-state index >= 15 is 0 Å². The molecule has 0 spiro atoms. The van der Waals surface area contributed by atoms with Crippen molar-refractivity contribution >= 4 is 50.6 Å². The van der Waals surface area contributed by atoms with Crippen molar-refractivity contribution in [3.05, 3.63) is 50.1 Å². The number of halogens is 2. The third kappa shape index (κ3) is 4.77. The van der Waals surface area contributed by atoms with E-state index in [1.165, 1.54) is 4.88 Å². The number of hydrazine groups is 1. The zero-order chi connectivity index (χ0) is 13.7. The Kier molecular flexibility index (Phi) is 6.19. The van der Waals surface area contributed by atoms with Crippen molar-refractivity contribution in [2.24, 2.45) is 5.84 Å². The molecule has 0 aliphatic carbocycles. The van der Waals surface area contributed by atoms with E-state index in [4.69, 9.17) is 17.4 Å². The summed E-state index contributed by atoms with van der Waals surface area (Å²) in [5.74, 6) is 6.51. The summed E-state index contributed by atoms with van der Waals surface area (Å²) in [6.07, 6.45) is 0.921. The molecule has 0 bridgehead atoms. The van der Waals surface area contributed by atoms with Gasteiger partial charge in [-0.15, -0.1) is 23.1 Å². The van der Waals surface area contributed by atoms with Gasteiger partial charge in [-0.2, -0.15) is 0 Å². The van der Waals surface area contributed by atoms with Gasteiger partial charge in [0.25, 0.3) is 0 Å². The summed E-state index contributed by atoms with van der Waals surface area (Å²) in [7, 11) is 0. The molecule has 1 heterocycles. The number of nitrogens with one attached hydrogen (secondary N) is 1. The average Bonchev–Trinajstić information content (AvgIpc) is 2.81. The molecule has 0 saturated heterocycles. The predicted molar refractivity (Wildman–Crippen MR) is 89.0 cm³/mol. The first-order chi connectivity index (χ1) is 9.19. The molecule has 0 amide bonds. The Morgan fingerprint density at radius 2 is 2.21 bits per heavy atom. The predicted octanol–water partition coefficient (Wildman–Crippen LogP) is 4.33.